The molecule has 2 atom stereocenters. The first-order valence-electron chi connectivity index (χ1n) is 7.69. The number of aryl methyl sites for hydroxylation is 1. The summed E-state index contributed by atoms with van der Waals surface area (Å²) in [5, 5.41) is 6.90. The maximum absolute atomic E-state index is 12.3. The Balaban J connectivity index is 1.66. The van der Waals surface area contributed by atoms with Gasteiger partial charge in [-0.15, -0.1) is 0 Å². The number of carbonyl (C=O) groups excluding carboxylic acids is 2. The van der Waals surface area contributed by atoms with Crippen molar-refractivity contribution in [1.29, 1.82) is 0 Å². The summed E-state index contributed by atoms with van der Waals surface area (Å²) >= 11 is 0. The van der Waals surface area contributed by atoms with E-state index in [0.717, 1.165) is 5.56 Å². The first kappa shape index (κ1) is 15.3. The van der Waals surface area contributed by atoms with Gasteiger partial charge < -0.3 is 10.2 Å². The van der Waals surface area contributed by atoms with Crippen LogP contribution in [0.15, 0.2) is 42.6 Å². The van der Waals surface area contributed by atoms with Crippen LogP contribution in [0.4, 0.5) is 5.82 Å². The molecule has 23 heavy (non-hydrogen) atoms. The van der Waals surface area contributed by atoms with Crippen LogP contribution in [0.2, 0.25) is 0 Å². The standard InChI is InChI=1S/C17H20N4O2/c1-12(13-6-4-3-5-7-13)21-11-14(10-16(21)22)17(23)18-15-8-9-20(2)19-15/h3-9,12,14H,10-11H2,1-2H3,(H,18,19,23)/t12-,14-/m0/s1. The molecule has 0 radical (unpaired) electrons. The highest BCUT2D eigenvalue weighted by molar-refractivity contribution is 5.96. The number of nitrogens with one attached hydrogen (secondary N) is 1. The monoisotopic (exact) mass is 312 g/mol. The predicted molar refractivity (Wildman–Crippen MR) is 86.5 cm³/mol. The van der Waals surface area contributed by atoms with Crippen LogP contribution in [0.3, 0.4) is 0 Å². The van der Waals surface area contributed by atoms with E-state index in [1.807, 2.05) is 37.3 Å². The number of hydrogen-bond acceptors (Lipinski definition) is 3. The molecule has 1 N–H and O–H groups in total. The molecule has 1 aromatic heterocycles. The van der Waals surface area contributed by atoms with Gasteiger partial charge in [-0.05, 0) is 12.5 Å². The molecule has 1 fully saturated rings. The van der Waals surface area contributed by atoms with E-state index in [0.29, 0.717) is 12.4 Å². The predicted octanol–water partition coefficient (Wildman–Crippen LogP) is 1.97. The number of anilines is 1. The molecule has 0 aliphatic carbocycles. The highest BCUT2D eigenvalue weighted by Gasteiger charge is 2.37. The van der Waals surface area contributed by atoms with Gasteiger partial charge in [-0.3, -0.25) is 14.3 Å². The summed E-state index contributed by atoms with van der Waals surface area (Å²) in [5.74, 6) is 0.0394. The lowest BCUT2D eigenvalue weighted by atomic mass is 10.1. The molecule has 0 saturated carbocycles. The normalized spacial score (nSPS) is 19.0. The number of hydrogen-bond donors (Lipinski definition) is 1. The third-order valence-corrected chi connectivity index (χ3v) is 4.24. The molecule has 0 spiro atoms. The van der Waals surface area contributed by atoms with Gasteiger partial charge in [-0.1, -0.05) is 30.3 Å². The van der Waals surface area contributed by atoms with Crippen LogP contribution in [0.1, 0.15) is 24.9 Å². The molecule has 3 rings (SSSR count). The minimum atomic E-state index is -0.337. The van der Waals surface area contributed by atoms with Gasteiger partial charge in [0.15, 0.2) is 5.82 Å². The number of nitrogens with zero attached hydrogens (tertiary/aromatic N) is 3. The van der Waals surface area contributed by atoms with Crippen molar-refractivity contribution in [2.45, 2.75) is 19.4 Å². The Bertz CT molecular complexity index is 710. The van der Waals surface area contributed by atoms with Crippen molar-refractivity contribution in [1.82, 2.24) is 14.7 Å². The maximum Gasteiger partial charge on any atom is 0.230 e. The zero-order valence-electron chi connectivity index (χ0n) is 13.3. The molecule has 1 aliphatic rings. The molecule has 0 bridgehead atoms. The van der Waals surface area contributed by atoms with Crippen LogP contribution < -0.4 is 5.32 Å². The highest BCUT2D eigenvalue weighted by atomic mass is 16.2. The maximum atomic E-state index is 12.3. The number of carbonyl (C=O) groups is 2. The molecule has 2 heterocycles. The Morgan fingerprint density at radius 3 is 2.70 bits per heavy atom. The van der Waals surface area contributed by atoms with Crippen LogP contribution in [-0.2, 0) is 16.6 Å². The summed E-state index contributed by atoms with van der Waals surface area (Å²) in [6.07, 6.45) is 2.01. The van der Waals surface area contributed by atoms with Crippen LogP contribution in [-0.4, -0.2) is 33.0 Å². The lowest BCUT2D eigenvalue weighted by Gasteiger charge is -2.25. The van der Waals surface area contributed by atoms with Gasteiger partial charge in [-0.25, -0.2) is 0 Å². The molecule has 0 unspecified atom stereocenters. The fraction of sp³-hybridized carbons (Fsp3) is 0.353. The summed E-state index contributed by atoms with van der Waals surface area (Å²) in [5.41, 5.74) is 1.08. The first-order valence-corrected chi connectivity index (χ1v) is 7.69. The quantitative estimate of drug-likeness (QED) is 0.938. The molecule has 1 saturated heterocycles. The number of rotatable bonds is 4. The van der Waals surface area contributed by atoms with Crippen molar-refractivity contribution in [3.63, 3.8) is 0 Å². The fourth-order valence-corrected chi connectivity index (χ4v) is 2.90. The van der Waals surface area contributed by atoms with Crippen molar-refractivity contribution in [3.05, 3.63) is 48.2 Å². The smallest absolute Gasteiger partial charge is 0.230 e. The van der Waals surface area contributed by atoms with E-state index in [4.69, 9.17) is 0 Å². The van der Waals surface area contributed by atoms with Gasteiger partial charge in [0.2, 0.25) is 11.8 Å². The zero-order valence-corrected chi connectivity index (χ0v) is 13.3. The van der Waals surface area contributed by atoms with Crippen LogP contribution in [0.25, 0.3) is 0 Å². The van der Waals surface area contributed by atoms with Crippen molar-refractivity contribution in [2.24, 2.45) is 13.0 Å². The lowest BCUT2D eigenvalue weighted by Crippen LogP contribution is -2.30. The highest BCUT2D eigenvalue weighted by Crippen LogP contribution is 2.28. The van der Waals surface area contributed by atoms with Crippen molar-refractivity contribution in [2.75, 3.05) is 11.9 Å². The minimum Gasteiger partial charge on any atom is -0.335 e. The van der Waals surface area contributed by atoms with E-state index >= 15 is 0 Å². The summed E-state index contributed by atoms with van der Waals surface area (Å²) in [4.78, 5) is 26.4. The van der Waals surface area contributed by atoms with Crippen LogP contribution in [0, 0.1) is 5.92 Å². The van der Waals surface area contributed by atoms with Gasteiger partial charge in [-0.2, -0.15) is 5.10 Å². The first-order chi connectivity index (χ1) is 11.0. The topological polar surface area (TPSA) is 67.2 Å². The molecule has 6 nitrogen and oxygen atoms in total. The van der Waals surface area contributed by atoms with Gasteiger partial charge in [0.05, 0.1) is 12.0 Å². The Hall–Kier alpha value is -2.63. The molecule has 6 heteroatoms. The van der Waals surface area contributed by atoms with E-state index in [2.05, 4.69) is 10.4 Å². The van der Waals surface area contributed by atoms with Gasteiger partial charge >= 0.3 is 0 Å². The molecular formula is C17H20N4O2. The van der Waals surface area contributed by atoms with Crippen LogP contribution in [0.5, 0.6) is 0 Å². The Labute approximate surface area is 135 Å². The second kappa shape index (κ2) is 6.24. The summed E-state index contributed by atoms with van der Waals surface area (Å²) < 4.78 is 1.62. The van der Waals surface area contributed by atoms with Crippen molar-refractivity contribution < 1.29 is 9.59 Å². The third-order valence-electron chi connectivity index (χ3n) is 4.24. The van der Waals surface area contributed by atoms with Crippen LogP contribution >= 0.6 is 0 Å². The van der Waals surface area contributed by atoms with Gasteiger partial charge in [0.1, 0.15) is 0 Å². The van der Waals surface area contributed by atoms with E-state index in [9.17, 15) is 9.59 Å². The molecule has 1 aliphatic heterocycles. The molecular weight excluding hydrogens is 292 g/mol. The average Bonchev–Trinajstić information content (AvgIpc) is 3.13. The number of benzene rings is 1. The molecule has 2 aromatic rings. The second-order valence-corrected chi connectivity index (χ2v) is 5.90. The summed E-state index contributed by atoms with van der Waals surface area (Å²) in [6, 6.07) is 11.6. The van der Waals surface area contributed by atoms with Gasteiger partial charge in [0, 0.05) is 32.3 Å². The summed E-state index contributed by atoms with van der Waals surface area (Å²) in [6.45, 7) is 2.43. The lowest BCUT2D eigenvalue weighted by molar-refractivity contribution is -0.129. The third kappa shape index (κ3) is 3.26. The average molecular weight is 312 g/mol. The second-order valence-electron chi connectivity index (χ2n) is 5.90. The van der Waals surface area contributed by atoms with Crippen molar-refractivity contribution in [3.8, 4) is 0 Å². The van der Waals surface area contributed by atoms with Crippen molar-refractivity contribution >= 4 is 17.6 Å². The Morgan fingerprint density at radius 1 is 1.30 bits per heavy atom. The van der Waals surface area contributed by atoms with E-state index in [-0.39, 0.29) is 30.2 Å². The molecule has 120 valence electrons. The number of amides is 2. The zero-order chi connectivity index (χ0) is 16.4. The number of aromatic nitrogens is 2. The van der Waals surface area contributed by atoms with E-state index < -0.39 is 0 Å². The largest absolute Gasteiger partial charge is 0.335 e. The number of likely N-dealkylation sites (tertiary alicyclic amines) is 1. The molecule has 2 amide bonds. The SMILES string of the molecule is C[C@@H](c1ccccc1)N1C[C@@H](C(=O)Nc2ccn(C)n2)CC1=O. The Morgan fingerprint density at radius 2 is 2.04 bits per heavy atom. The fourth-order valence-electron chi connectivity index (χ4n) is 2.90. The molecule has 1 aromatic carbocycles. The van der Waals surface area contributed by atoms with E-state index in [1.165, 1.54) is 0 Å². The Kier molecular flexibility index (Phi) is 4.14. The van der Waals surface area contributed by atoms with E-state index in [1.54, 1.807) is 28.9 Å². The summed E-state index contributed by atoms with van der Waals surface area (Å²) in [7, 11) is 1.79. The minimum absolute atomic E-state index is 0.0162. The van der Waals surface area contributed by atoms with Gasteiger partial charge in [0.25, 0.3) is 0 Å².